The third-order valence-electron chi connectivity index (χ3n) is 3.65. The fourth-order valence-corrected chi connectivity index (χ4v) is 2.40. The number of nitrogens with zero attached hydrogens (tertiary/aromatic N) is 1. The van der Waals surface area contributed by atoms with Gasteiger partial charge in [0.2, 0.25) is 5.91 Å². The number of amides is 1. The smallest absolute Gasteiger partial charge is 0.239 e. The van der Waals surface area contributed by atoms with Gasteiger partial charge >= 0.3 is 0 Å². The summed E-state index contributed by atoms with van der Waals surface area (Å²) in [5, 5.41) is 12.6. The van der Waals surface area contributed by atoms with E-state index in [2.05, 4.69) is 19.2 Å². The number of rotatable bonds is 5. The van der Waals surface area contributed by atoms with Crippen molar-refractivity contribution in [1.29, 1.82) is 0 Å². The van der Waals surface area contributed by atoms with Crippen molar-refractivity contribution in [2.75, 3.05) is 19.7 Å². The lowest BCUT2D eigenvalue weighted by molar-refractivity contribution is -0.130. The molecule has 0 spiro atoms. The van der Waals surface area contributed by atoms with E-state index in [0.717, 1.165) is 32.4 Å². The molecule has 2 N–H and O–H groups in total. The van der Waals surface area contributed by atoms with Crippen LogP contribution in [0.3, 0.4) is 0 Å². The van der Waals surface area contributed by atoms with E-state index in [0.29, 0.717) is 6.04 Å². The van der Waals surface area contributed by atoms with Crippen LogP contribution in [0, 0.1) is 5.41 Å². The second-order valence-corrected chi connectivity index (χ2v) is 5.58. The molecule has 1 saturated heterocycles. The molecular formula is C12H22N2O2. The van der Waals surface area contributed by atoms with E-state index >= 15 is 0 Å². The molecule has 16 heavy (non-hydrogen) atoms. The molecule has 92 valence electrons. The van der Waals surface area contributed by atoms with Gasteiger partial charge in [-0.2, -0.15) is 0 Å². The molecule has 1 atom stereocenters. The average molecular weight is 226 g/mol. The highest BCUT2D eigenvalue weighted by Crippen LogP contribution is 2.46. The Balaban J connectivity index is 1.87. The van der Waals surface area contributed by atoms with Crippen LogP contribution in [-0.4, -0.2) is 47.7 Å². The second kappa shape index (κ2) is 4.34. The van der Waals surface area contributed by atoms with Crippen LogP contribution in [0.2, 0.25) is 0 Å². The predicted molar refractivity (Wildman–Crippen MR) is 62.0 cm³/mol. The van der Waals surface area contributed by atoms with Gasteiger partial charge in [-0.25, -0.2) is 0 Å². The van der Waals surface area contributed by atoms with Crippen molar-refractivity contribution in [2.45, 2.75) is 45.2 Å². The number of aliphatic hydroxyl groups is 1. The van der Waals surface area contributed by atoms with Gasteiger partial charge in [0.05, 0.1) is 12.6 Å². The third kappa shape index (κ3) is 2.38. The van der Waals surface area contributed by atoms with Crippen LogP contribution in [0.4, 0.5) is 0 Å². The molecule has 0 bridgehead atoms. The van der Waals surface area contributed by atoms with E-state index in [1.54, 1.807) is 0 Å². The third-order valence-corrected chi connectivity index (χ3v) is 3.65. The number of aliphatic hydroxyl groups excluding tert-OH is 1. The lowest BCUT2D eigenvalue weighted by Gasteiger charge is -2.22. The molecule has 0 radical (unpaired) electrons. The van der Waals surface area contributed by atoms with Crippen LogP contribution < -0.4 is 5.32 Å². The van der Waals surface area contributed by atoms with Crippen molar-refractivity contribution in [2.24, 2.45) is 5.41 Å². The summed E-state index contributed by atoms with van der Waals surface area (Å²) in [5.74, 6) is 0.216. The Labute approximate surface area is 97.0 Å². The first kappa shape index (κ1) is 11.9. The Kier molecular flexibility index (Phi) is 3.22. The van der Waals surface area contributed by atoms with Gasteiger partial charge in [-0.1, -0.05) is 13.8 Å². The van der Waals surface area contributed by atoms with Crippen molar-refractivity contribution < 1.29 is 9.90 Å². The zero-order valence-electron chi connectivity index (χ0n) is 10.2. The van der Waals surface area contributed by atoms with Gasteiger partial charge < -0.3 is 15.3 Å². The highest BCUT2D eigenvalue weighted by Gasteiger charge is 2.46. The summed E-state index contributed by atoms with van der Waals surface area (Å²) >= 11 is 0. The topological polar surface area (TPSA) is 52.6 Å². The van der Waals surface area contributed by atoms with Crippen molar-refractivity contribution >= 4 is 5.91 Å². The molecule has 4 nitrogen and oxygen atoms in total. The first-order chi connectivity index (χ1) is 7.56. The fraction of sp³-hybridized carbons (Fsp3) is 0.917. The zero-order valence-corrected chi connectivity index (χ0v) is 10.2. The highest BCUT2D eigenvalue weighted by atomic mass is 16.3. The van der Waals surface area contributed by atoms with E-state index in [1.165, 1.54) is 0 Å². The van der Waals surface area contributed by atoms with E-state index in [1.807, 2.05) is 4.90 Å². The van der Waals surface area contributed by atoms with Crippen molar-refractivity contribution in [3.05, 3.63) is 0 Å². The van der Waals surface area contributed by atoms with E-state index in [9.17, 15) is 9.90 Å². The Hall–Kier alpha value is -0.610. The molecule has 4 heteroatoms. The molecule has 0 aromatic heterocycles. The number of hydrogen-bond donors (Lipinski definition) is 2. The number of likely N-dealkylation sites (tertiary alicyclic amines) is 1. The first-order valence-corrected chi connectivity index (χ1v) is 6.22. The van der Waals surface area contributed by atoms with Crippen LogP contribution in [0.1, 0.15) is 33.1 Å². The maximum atomic E-state index is 12.0. The average Bonchev–Trinajstić information content (AvgIpc) is 2.94. The maximum Gasteiger partial charge on any atom is 0.239 e. The lowest BCUT2D eigenvalue weighted by atomic mass is 10.1. The van der Waals surface area contributed by atoms with Crippen molar-refractivity contribution in [1.82, 2.24) is 10.2 Å². The van der Waals surface area contributed by atoms with Crippen molar-refractivity contribution in [3.8, 4) is 0 Å². The van der Waals surface area contributed by atoms with Crippen LogP contribution >= 0.6 is 0 Å². The zero-order chi connectivity index (χ0) is 11.8. The van der Waals surface area contributed by atoms with Gasteiger partial charge in [0.1, 0.15) is 0 Å². The lowest BCUT2D eigenvalue weighted by Crippen LogP contribution is -2.43. The number of hydrogen-bond acceptors (Lipinski definition) is 3. The fourth-order valence-electron chi connectivity index (χ4n) is 2.40. The van der Waals surface area contributed by atoms with E-state index in [4.69, 9.17) is 0 Å². The summed E-state index contributed by atoms with van der Waals surface area (Å²) in [6.45, 7) is 5.93. The van der Waals surface area contributed by atoms with Crippen molar-refractivity contribution in [3.63, 3.8) is 0 Å². The molecule has 2 aliphatic rings. The molecule has 2 fully saturated rings. The molecule has 2 rings (SSSR count). The predicted octanol–water partition coefficient (Wildman–Crippen LogP) is 0.358. The maximum absolute atomic E-state index is 12.0. The Bertz CT molecular complexity index is 274. The summed E-state index contributed by atoms with van der Waals surface area (Å²) in [6, 6.07) is 0.344. The highest BCUT2D eigenvalue weighted by molar-refractivity contribution is 5.84. The Morgan fingerprint density at radius 3 is 2.75 bits per heavy atom. The molecule has 0 aromatic carbocycles. The monoisotopic (exact) mass is 226 g/mol. The first-order valence-electron chi connectivity index (χ1n) is 6.22. The van der Waals surface area contributed by atoms with Crippen LogP contribution in [0.25, 0.3) is 0 Å². The molecule has 0 aromatic rings. The summed E-state index contributed by atoms with van der Waals surface area (Å²) in [6.07, 6.45) is 3.03. The molecule has 1 saturated carbocycles. The minimum atomic E-state index is -0.00510. The Morgan fingerprint density at radius 1 is 1.56 bits per heavy atom. The normalized spacial score (nSPS) is 27.9. The number of carbonyl (C=O) groups is 1. The molecule has 1 aliphatic carbocycles. The van der Waals surface area contributed by atoms with E-state index in [-0.39, 0.29) is 24.0 Å². The van der Waals surface area contributed by atoms with Crippen LogP contribution in [0.15, 0.2) is 0 Å². The minimum absolute atomic E-state index is 0.00510. The summed E-state index contributed by atoms with van der Waals surface area (Å²) in [4.78, 5) is 14.0. The van der Waals surface area contributed by atoms with E-state index < -0.39 is 0 Å². The summed E-state index contributed by atoms with van der Waals surface area (Å²) < 4.78 is 0. The standard InChI is InChI=1S/C12H22N2O2/c1-9(2)13-10-3-6-14(11(10)16)7-12(8-15)4-5-12/h9-10,13,15H,3-8H2,1-2H3. The summed E-state index contributed by atoms with van der Waals surface area (Å²) in [7, 11) is 0. The molecule has 1 amide bonds. The van der Waals surface area contributed by atoms with Crippen LogP contribution in [0.5, 0.6) is 0 Å². The van der Waals surface area contributed by atoms with Gasteiger partial charge in [-0.3, -0.25) is 4.79 Å². The SMILES string of the molecule is CC(C)NC1CCN(CC2(CO)CC2)C1=O. The molecule has 1 aliphatic heterocycles. The quantitative estimate of drug-likeness (QED) is 0.711. The Morgan fingerprint density at radius 2 is 2.25 bits per heavy atom. The van der Waals surface area contributed by atoms with Gasteiger partial charge in [0.15, 0.2) is 0 Å². The number of nitrogens with one attached hydrogen (secondary N) is 1. The largest absolute Gasteiger partial charge is 0.396 e. The van der Waals surface area contributed by atoms with Gasteiger partial charge in [-0.05, 0) is 19.3 Å². The van der Waals surface area contributed by atoms with Gasteiger partial charge in [0, 0.05) is 24.5 Å². The minimum Gasteiger partial charge on any atom is -0.396 e. The molecule has 1 unspecified atom stereocenters. The molecular weight excluding hydrogens is 204 g/mol. The van der Waals surface area contributed by atoms with Gasteiger partial charge in [-0.15, -0.1) is 0 Å². The summed E-state index contributed by atoms with van der Waals surface area (Å²) in [5.41, 5.74) is 0.0440. The van der Waals surface area contributed by atoms with Crippen LogP contribution in [-0.2, 0) is 4.79 Å². The number of carbonyl (C=O) groups excluding carboxylic acids is 1. The van der Waals surface area contributed by atoms with Gasteiger partial charge in [0.25, 0.3) is 0 Å². The second-order valence-electron chi connectivity index (χ2n) is 5.58. The molecule has 1 heterocycles.